The Labute approximate surface area is 640 Å². The van der Waals surface area contributed by atoms with Gasteiger partial charge in [-0.2, -0.15) is 0 Å². The van der Waals surface area contributed by atoms with Crippen LogP contribution in [0.2, 0.25) is 0 Å². The SMILES string of the molecule is CNC(CC(C)C)C(=O)O[C@@H]1COC2C1OC[C@@H]2OC(=O)C(CC(=O)CCCCCCCCC(C)=O)CC(C)C.CNCCCCC(NC(=O)CC(=O)CC(CC(C)C)C(=O)OCCCCCCOC(=O)C(CC(C)C)NC(=O)CC(=O)NCCCCC(NC(=O)CC(C)=O)C(=O)OCc1ccccc1)C(=O)O. The minimum Gasteiger partial charge on any atom is -0.480 e. The Hall–Kier alpha value is -7.56. The zero-order valence-electron chi connectivity index (χ0n) is 66.5. The predicted molar refractivity (Wildman–Crippen MR) is 403 cm³/mol. The average molecular weight is 1530 g/mol. The number of carbonyl (C=O) groups is 14. The van der Waals surface area contributed by atoms with Crippen LogP contribution >= 0.6 is 0 Å². The van der Waals surface area contributed by atoms with Gasteiger partial charge in [-0.3, -0.25) is 47.9 Å². The van der Waals surface area contributed by atoms with Crippen LogP contribution in [-0.4, -0.2) is 190 Å². The van der Waals surface area contributed by atoms with Gasteiger partial charge in [0.1, 0.15) is 72.5 Å². The molecule has 0 aromatic heterocycles. The van der Waals surface area contributed by atoms with Crippen molar-refractivity contribution < 1.29 is 105 Å². The standard InChI is InChI=1S/C49H77N5O14.C31H53NO8/c1-33(2)26-37(29-38(56)30-44(59)52-39(46(61)62)20-12-14-22-50-6)47(63)66-24-16-7-8-17-25-67-49(65)41(27-34(3)4)54-45(60)31-42(57)51-23-15-13-21-40(53-43(58)28-35(5)55)48(64)68-32-36-18-10-9-11-19-36;1-20(2)15-23(17-24(34)14-12-10-8-7-9-11-13-22(5)33)30(35)39-26-18-37-29-27(19-38-28(26)29)40-31(36)25(32-6)16-21(3)4/h9-11,18-19,33-34,37,39-41,50H,7-8,12-17,20-32H2,1-6H3,(H,51,57)(H,52,59)(H,53,58)(H,54,60)(H,61,62);20-21,23,25-29,32H,7-19H2,1-6H3/t;23?,25?,26-,27+,28?,29?/m.0/s1. The van der Waals surface area contributed by atoms with E-state index in [0.29, 0.717) is 89.5 Å². The summed E-state index contributed by atoms with van der Waals surface area (Å²) < 4.78 is 39.6. The molecule has 10 atom stereocenters. The monoisotopic (exact) mass is 1530 g/mol. The number of aliphatic carboxylic acids is 1. The Balaban J connectivity index is 0.000000837. The van der Waals surface area contributed by atoms with E-state index in [1.807, 2.05) is 61.5 Å². The van der Waals surface area contributed by atoms with Gasteiger partial charge in [0.25, 0.3) is 0 Å². The van der Waals surface area contributed by atoms with Crippen molar-refractivity contribution in [1.29, 1.82) is 0 Å². The van der Waals surface area contributed by atoms with Gasteiger partial charge in [0, 0.05) is 32.2 Å². The van der Waals surface area contributed by atoms with Gasteiger partial charge in [-0.15, -0.1) is 0 Å². The molecule has 0 spiro atoms. The smallest absolute Gasteiger partial charge is 0.328 e. The number of likely N-dealkylation sites (N-methyl/N-ethyl adjacent to an activating group) is 1. The lowest BCUT2D eigenvalue weighted by atomic mass is 9.91. The number of fused-ring (bicyclic) bond motifs is 1. The molecule has 0 saturated carbocycles. The van der Waals surface area contributed by atoms with Crippen LogP contribution in [0.3, 0.4) is 0 Å². The molecule has 612 valence electrons. The van der Waals surface area contributed by atoms with Crippen molar-refractivity contribution in [3.8, 4) is 0 Å². The second kappa shape index (κ2) is 55.8. The number of rotatable bonds is 58. The lowest BCUT2D eigenvalue weighted by Crippen LogP contribution is -2.44. The van der Waals surface area contributed by atoms with E-state index in [1.165, 1.54) is 6.92 Å². The molecule has 4 amide bonds. The quantitative estimate of drug-likeness (QED) is 0.0139. The minimum absolute atomic E-state index is 0.00961. The lowest BCUT2D eigenvalue weighted by molar-refractivity contribution is -0.161. The van der Waals surface area contributed by atoms with Gasteiger partial charge < -0.3 is 75.0 Å². The summed E-state index contributed by atoms with van der Waals surface area (Å²) in [6.07, 6.45) is 10.2. The number of benzene rings is 1. The minimum atomic E-state index is -1.18. The predicted octanol–water partition coefficient (Wildman–Crippen LogP) is 8.59. The molecule has 2 aliphatic rings. The van der Waals surface area contributed by atoms with Crippen LogP contribution in [0.1, 0.15) is 248 Å². The van der Waals surface area contributed by atoms with Crippen LogP contribution in [0.5, 0.6) is 0 Å². The van der Waals surface area contributed by atoms with Crippen LogP contribution in [0.25, 0.3) is 0 Å². The molecular formula is C80H130N6O22. The van der Waals surface area contributed by atoms with E-state index in [9.17, 15) is 72.2 Å². The fraction of sp³-hybridized carbons (Fsp3) is 0.750. The number of carboxylic acid groups (broad SMARTS) is 1. The van der Waals surface area contributed by atoms with Crippen molar-refractivity contribution in [1.82, 2.24) is 31.9 Å². The molecule has 0 aliphatic carbocycles. The molecule has 28 nitrogen and oxygen atoms in total. The number of amides is 4. The summed E-state index contributed by atoms with van der Waals surface area (Å²) in [6.45, 7) is 20.1. The number of unbranched alkanes of at least 4 members (excludes halogenated alkanes) is 10. The highest BCUT2D eigenvalue weighted by atomic mass is 16.7. The molecule has 2 heterocycles. The van der Waals surface area contributed by atoms with Gasteiger partial charge in [-0.25, -0.2) is 14.4 Å². The van der Waals surface area contributed by atoms with Crippen molar-refractivity contribution in [3.05, 3.63) is 35.9 Å². The molecule has 0 bridgehead atoms. The van der Waals surface area contributed by atoms with Gasteiger partial charge in [-0.05, 0) is 166 Å². The summed E-state index contributed by atoms with van der Waals surface area (Å²) in [5.41, 5.74) is 0.767. The topological polar surface area (TPSA) is 396 Å². The third-order valence-electron chi connectivity index (χ3n) is 18.0. The molecule has 1 aromatic carbocycles. The van der Waals surface area contributed by atoms with Gasteiger partial charge in [0.05, 0.1) is 51.1 Å². The number of nitrogens with one attached hydrogen (secondary N) is 6. The molecule has 2 aliphatic heterocycles. The van der Waals surface area contributed by atoms with Gasteiger partial charge in [-0.1, -0.05) is 111 Å². The number of hydrogen-bond donors (Lipinski definition) is 7. The molecule has 2 fully saturated rings. The third-order valence-corrected chi connectivity index (χ3v) is 18.0. The van der Waals surface area contributed by atoms with Crippen molar-refractivity contribution in [3.63, 3.8) is 0 Å². The fourth-order valence-electron chi connectivity index (χ4n) is 12.5. The summed E-state index contributed by atoms with van der Waals surface area (Å²) in [5, 5.41) is 25.7. The highest BCUT2D eigenvalue weighted by molar-refractivity contribution is 6.01. The van der Waals surface area contributed by atoms with E-state index >= 15 is 0 Å². The first-order chi connectivity index (χ1) is 51.3. The largest absolute Gasteiger partial charge is 0.480 e. The summed E-state index contributed by atoms with van der Waals surface area (Å²) >= 11 is 0. The number of hydrogen-bond acceptors (Lipinski definition) is 23. The van der Waals surface area contributed by atoms with Crippen molar-refractivity contribution in [2.75, 3.05) is 53.6 Å². The number of esters is 5. The Kier molecular flexibility index (Phi) is 49.8. The second-order valence-corrected chi connectivity index (χ2v) is 30.3. The molecule has 2 saturated heterocycles. The molecule has 3 rings (SSSR count). The van der Waals surface area contributed by atoms with Gasteiger partial charge in [0.2, 0.25) is 23.6 Å². The molecule has 108 heavy (non-hydrogen) atoms. The van der Waals surface area contributed by atoms with E-state index in [0.717, 1.165) is 50.5 Å². The Morgan fingerprint density at radius 3 is 1.45 bits per heavy atom. The fourth-order valence-corrected chi connectivity index (χ4v) is 12.5. The Morgan fingerprint density at radius 1 is 0.444 bits per heavy atom. The average Bonchev–Trinajstić information content (AvgIpc) is 1.64. The Bertz CT molecular complexity index is 2930. The summed E-state index contributed by atoms with van der Waals surface area (Å²) in [6, 6.07) is 5.55. The Morgan fingerprint density at radius 2 is 0.907 bits per heavy atom. The zero-order chi connectivity index (χ0) is 80.5. The number of carbonyl (C=O) groups excluding carboxylic acids is 13. The zero-order valence-corrected chi connectivity index (χ0v) is 66.5. The summed E-state index contributed by atoms with van der Waals surface area (Å²) in [7, 11) is 3.53. The summed E-state index contributed by atoms with van der Waals surface area (Å²) in [5.74, 6) is -7.33. The molecular weight excluding hydrogens is 1400 g/mol. The van der Waals surface area contributed by atoms with Crippen molar-refractivity contribution in [2.45, 2.75) is 298 Å². The summed E-state index contributed by atoms with van der Waals surface area (Å²) in [4.78, 5) is 174. The van der Waals surface area contributed by atoms with Crippen LogP contribution in [-0.2, 0) is 107 Å². The third kappa shape index (κ3) is 44.2. The van der Waals surface area contributed by atoms with Crippen LogP contribution in [0, 0.1) is 35.5 Å². The molecule has 0 radical (unpaired) electrons. The van der Waals surface area contributed by atoms with E-state index in [1.54, 1.807) is 45.3 Å². The van der Waals surface area contributed by atoms with E-state index in [4.69, 9.17) is 33.2 Å². The van der Waals surface area contributed by atoms with Crippen molar-refractivity contribution >= 4 is 82.6 Å². The van der Waals surface area contributed by atoms with E-state index in [-0.39, 0.29) is 119 Å². The van der Waals surface area contributed by atoms with E-state index < -0.39 is 133 Å². The molecule has 8 unspecified atom stereocenters. The molecule has 1 aromatic rings. The van der Waals surface area contributed by atoms with Gasteiger partial charge >= 0.3 is 35.8 Å². The van der Waals surface area contributed by atoms with E-state index in [2.05, 4.69) is 31.9 Å². The normalized spacial score (nSPS) is 16.8. The van der Waals surface area contributed by atoms with Gasteiger partial charge in [0.15, 0.2) is 12.2 Å². The number of Topliss-reactive ketones (excluding diaryl/α,β-unsaturated/α-hetero) is 4. The maximum Gasteiger partial charge on any atom is 0.328 e. The van der Waals surface area contributed by atoms with Crippen LogP contribution < -0.4 is 31.9 Å². The first-order valence-electron chi connectivity index (χ1n) is 39.2. The number of carboxylic acids is 1. The first-order valence-corrected chi connectivity index (χ1v) is 39.2. The van der Waals surface area contributed by atoms with Crippen LogP contribution in [0.4, 0.5) is 0 Å². The second-order valence-electron chi connectivity index (χ2n) is 30.3. The lowest BCUT2D eigenvalue weighted by Gasteiger charge is -2.22. The number of ketones is 4. The molecule has 28 heteroatoms. The first kappa shape index (κ1) is 96.5. The van der Waals surface area contributed by atoms with Crippen LogP contribution in [0.15, 0.2) is 30.3 Å². The highest BCUT2D eigenvalue weighted by Crippen LogP contribution is 2.33. The molecule has 7 N–H and O–H groups in total. The maximum atomic E-state index is 13.2. The number of ether oxygens (including phenoxy) is 7. The highest BCUT2D eigenvalue weighted by Gasteiger charge is 2.52. The maximum absolute atomic E-state index is 13.2. The van der Waals surface area contributed by atoms with Crippen molar-refractivity contribution in [2.24, 2.45) is 35.5 Å².